The number of halogens is 3. The molecule has 1 aliphatic heterocycles. The van der Waals surface area contributed by atoms with Crippen molar-refractivity contribution in [3.8, 4) is 6.07 Å². The molecule has 8 nitrogen and oxygen atoms in total. The molecule has 0 spiro atoms. The molecule has 1 aromatic carbocycles. The largest absolute Gasteiger partial charge is 0.462 e. The number of anilines is 1. The van der Waals surface area contributed by atoms with Crippen LogP contribution in [0.3, 0.4) is 0 Å². The van der Waals surface area contributed by atoms with E-state index in [1.54, 1.807) is 24.3 Å². The van der Waals surface area contributed by atoms with Gasteiger partial charge in [0.15, 0.2) is 5.69 Å². The first-order valence-electron chi connectivity index (χ1n) is 9.59. The second kappa shape index (κ2) is 9.13. The first-order chi connectivity index (χ1) is 15.1. The summed E-state index contributed by atoms with van der Waals surface area (Å²) in [5.41, 5.74) is -2.53. The van der Waals surface area contributed by atoms with E-state index in [1.165, 1.54) is 28.3 Å². The van der Waals surface area contributed by atoms with E-state index < -0.39 is 33.4 Å². The lowest BCUT2D eigenvalue weighted by Crippen LogP contribution is -2.49. The third-order valence-corrected chi connectivity index (χ3v) is 6.72. The summed E-state index contributed by atoms with van der Waals surface area (Å²) in [6.07, 6.45) is -4.96. The second-order valence-corrected chi connectivity index (χ2v) is 8.73. The van der Waals surface area contributed by atoms with Gasteiger partial charge in [0.1, 0.15) is 11.9 Å². The number of pyridine rings is 1. The van der Waals surface area contributed by atoms with Crippen molar-refractivity contribution in [1.82, 2.24) is 9.29 Å². The van der Waals surface area contributed by atoms with E-state index in [4.69, 9.17) is 0 Å². The molecule has 12 heteroatoms. The van der Waals surface area contributed by atoms with E-state index in [0.29, 0.717) is 0 Å². The van der Waals surface area contributed by atoms with E-state index in [1.807, 2.05) is 0 Å². The van der Waals surface area contributed by atoms with Crippen LogP contribution in [0.4, 0.5) is 19.0 Å². The highest BCUT2D eigenvalue weighted by Gasteiger charge is 2.40. The van der Waals surface area contributed by atoms with Gasteiger partial charge in [0.2, 0.25) is 10.0 Å². The van der Waals surface area contributed by atoms with Gasteiger partial charge >= 0.3 is 12.1 Å². The van der Waals surface area contributed by atoms with Crippen LogP contribution in [0, 0.1) is 11.3 Å². The Balaban J connectivity index is 1.91. The van der Waals surface area contributed by atoms with Crippen LogP contribution < -0.4 is 4.90 Å². The summed E-state index contributed by atoms with van der Waals surface area (Å²) in [5.74, 6) is -1.49. The van der Waals surface area contributed by atoms with Gasteiger partial charge in [-0.05, 0) is 25.1 Å². The minimum absolute atomic E-state index is 0.00917. The number of carbonyl (C=O) groups is 1. The number of rotatable bonds is 5. The third-order valence-electron chi connectivity index (χ3n) is 4.81. The molecule has 1 fully saturated rings. The van der Waals surface area contributed by atoms with Crippen LogP contribution in [-0.2, 0) is 20.9 Å². The molecule has 1 saturated heterocycles. The number of carbonyl (C=O) groups excluding carboxylic acids is 1. The van der Waals surface area contributed by atoms with Crippen molar-refractivity contribution >= 4 is 21.8 Å². The number of sulfonamides is 1. The van der Waals surface area contributed by atoms with Gasteiger partial charge in [-0.15, -0.1) is 0 Å². The number of hydrogen-bond acceptors (Lipinski definition) is 7. The van der Waals surface area contributed by atoms with Crippen LogP contribution in [0.15, 0.2) is 41.3 Å². The molecule has 0 radical (unpaired) electrons. The Bertz CT molecular complexity index is 1140. The number of ether oxygens (including phenoxy) is 1. The second-order valence-electron chi connectivity index (χ2n) is 6.79. The number of alkyl halides is 3. The fraction of sp³-hybridized carbons (Fsp3) is 0.350. The summed E-state index contributed by atoms with van der Waals surface area (Å²) in [6, 6.07) is 10.4. The monoisotopic (exact) mass is 468 g/mol. The fourth-order valence-corrected chi connectivity index (χ4v) is 4.73. The maximum Gasteiger partial charge on any atom is 0.434 e. The number of nitriles is 1. The molecule has 0 N–H and O–H groups in total. The highest BCUT2D eigenvalue weighted by atomic mass is 32.2. The average Bonchev–Trinajstić information content (AvgIpc) is 2.78. The molecule has 2 heterocycles. The summed E-state index contributed by atoms with van der Waals surface area (Å²) in [4.78, 5) is 17.1. The van der Waals surface area contributed by atoms with Crippen LogP contribution in [0.5, 0.6) is 0 Å². The van der Waals surface area contributed by atoms with Crippen molar-refractivity contribution in [3.05, 3.63) is 53.2 Å². The van der Waals surface area contributed by atoms with Crippen molar-refractivity contribution in [1.29, 1.82) is 5.26 Å². The molecule has 0 atom stereocenters. The normalized spacial score (nSPS) is 15.3. The quantitative estimate of drug-likeness (QED) is 0.622. The molecule has 0 aliphatic carbocycles. The number of benzene rings is 1. The van der Waals surface area contributed by atoms with Gasteiger partial charge < -0.3 is 9.64 Å². The summed E-state index contributed by atoms with van der Waals surface area (Å²) in [7, 11) is -3.76. The predicted molar refractivity (Wildman–Crippen MR) is 107 cm³/mol. The SMILES string of the molecule is CCOC(=O)c1cc(C#N)c(N2CCN(S(=O)(=O)c3ccccc3)CC2)nc1C(F)(F)F. The maximum absolute atomic E-state index is 13.6. The Morgan fingerprint density at radius 3 is 2.34 bits per heavy atom. The zero-order valence-corrected chi connectivity index (χ0v) is 17.8. The number of piperazine rings is 1. The topological polar surface area (TPSA) is 104 Å². The van der Waals surface area contributed by atoms with Crippen LogP contribution in [0.25, 0.3) is 0 Å². The van der Waals surface area contributed by atoms with Gasteiger partial charge in [0.05, 0.1) is 22.6 Å². The summed E-state index contributed by atoms with van der Waals surface area (Å²) >= 11 is 0. The van der Waals surface area contributed by atoms with E-state index in [9.17, 15) is 31.6 Å². The maximum atomic E-state index is 13.6. The number of esters is 1. The van der Waals surface area contributed by atoms with Gasteiger partial charge in [-0.25, -0.2) is 18.2 Å². The van der Waals surface area contributed by atoms with Crippen molar-refractivity contribution in [3.63, 3.8) is 0 Å². The van der Waals surface area contributed by atoms with Gasteiger partial charge in [-0.1, -0.05) is 18.2 Å². The van der Waals surface area contributed by atoms with Crippen molar-refractivity contribution in [2.45, 2.75) is 18.0 Å². The zero-order chi connectivity index (χ0) is 23.5. The number of aromatic nitrogens is 1. The Kier molecular flexibility index (Phi) is 6.71. The first kappa shape index (κ1) is 23.5. The Labute approximate surface area is 182 Å². The van der Waals surface area contributed by atoms with Gasteiger partial charge in [0.25, 0.3) is 0 Å². The van der Waals surface area contributed by atoms with Gasteiger partial charge in [-0.2, -0.15) is 22.7 Å². The molecule has 32 heavy (non-hydrogen) atoms. The van der Waals surface area contributed by atoms with Crippen molar-refractivity contribution in [2.24, 2.45) is 0 Å². The molecule has 0 bridgehead atoms. The molecule has 1 aliphatic rings. The van der Waals surface area contributed by atoms with Crippen LogP contribution in [-0.4, -0.2) is 56.5 Å². The Morgan fingerprint density at radius 2 is 1.81 bits per heavy atom. The molecular formula is C20H19F3N4O4S. The lowest BCUT2D eigenvalue weighted by molar-refractivity contribution is -0.141. The predicted octanol–water partition coefficient (Wildman–Crippen LogP) is 2.66. The number of nitrogens with zero attached hydrogens (tertiary/aromatic N) is 4. The molecule has 0 saturated carbocycles. The van der Waals surface area contributed by atoms with Crippen molar-refractivity contribution < 1.29 is 31.1 Å². The van der Waals surface area contributed by atoms with Crippen LogP contribution >= 0.6 is 0 Å². The molecule has 170 valence electrons. The minimum Gasteiger partial charge on any atom is -0.462 e. The Morgan fingerprint density at radius 1 is 1.19 bits per heavy atom. The highest BCUT2D eigenvalue weighted by Crippen LogP contribution is 2.34. The molecule has 2 aromatic rings. The van der Waals surface area contributed by atoms with Gasteiger partial charge in [0, 0.05) is 26.2 Å². The zero-order valence-electron chi connectivity index (χ0n) is 17.0. The molecule has 0 unspecified atom stereocenters. The lowest BCUT2D eigenvalue weighted by atomic mass is 10.1. The van der Waals surface area contributed by atoms with Crippen LogP contribution in [0.2, 0.25) is 0 Å². The number of hydrogen-bond donors (Lipinski definition) is 0. The highest BCUT2D eigenvalue weighted by molar-refractivity contribution is 7.89. The fourth-order valence-electron chi connectivity index (χ4n) is 3.29. The average molecular weight is 468 g/mol. The van der Waals surface area contributed by atoms with Crippen LogP contribution in [0.1, 0.15) is 28.5 Å². The molecular weight excluding hydrogens is 449 g/mol. The van der Waals surface area contributed by atoms with Crippen molar-refractivity contribution in [2.75, 3.05) is 37.7 Å². The Hall–Kier alpha value is -3.17. The smallest absolute Gasteiger partial charge is 0.434 e. The van der Waals surface area contributed by atoms with E-state index in [-0.39, 0.29) is 49.1 Å². The molecule has 3 rings (SSSR count). The first-order valence-corrected chi connectivity index (χ1v) is 11.0. The minimum atomic E-state index is -4.96. The van der Waals surface area contributed by atoms with E-state index >= 15 is 0 Å². The standard InChI is InChI=1S/C20H19F3N4O4S/c1-2-31-19(28)16-12-14(13-24)18(25-17(16)20(21,22)23)26-8-10-27(11-9-26)32(29,30)15-6-4-3-5-7-15/h3-7,12H,2,8-11H2,1H3. The summed E-state index contributed by atoms with van der Waals surface area (Å²) in [6.45, 7) is 1.32. The van der Waals surface area contributed by atoms with Gasteiger partial charge in [-0.3, -0.25) is 0 Å². The molecule has 0 amide bonds. The lowest BCUT2D eigenvalue weighted by Gasteiger charge is -2.35. The van der Waals surface area contributed by atoms with E-state index in [2.05, 4.69) is 9.72 Å². The van der Waals surface area contributed by atoms with E-state index in [0.717, 1.165) is 6.07 Å². The molecule has 1 aromatic heterocycles. The third kappa shape index (κ3) is 4.68. The summed E-state index contributed by atoms with van der Waals surface area (Å²) < 4.78 is 72.1. The summed E-state index contributed by atoms with van der Waals surface area (Å²) in [5, 5.41) is 9.45.